The summed E-state index contributed by atoms with van der Waals surface area (Å²) in [5, 5.41) is 21.7. The van der Waals surface area contributed by atoms with Crippen molar-refractivity contribution in [2.24, 2.45) is 0 Å². The van der Waals surface area contributed by atoms with Crippen molar-refractivity contribution in [3.8, 4) is 11.5 Å². The Labute approximate surface area is 128 Å². The third kappa shape index (κ3) is 4.56. The van der Waals surface area contributed by atoms with E-state index >= 15 is 0 Å². The van der Waals surface area contributed by atoms with Crippen molar-refractivity contribution >= 4 is 12.2 Å². The van der Waals surface area contributed by atoms with E-state index in [1.807, 2.05) is 30.3 Å². The summed E-state index contributed by atoms with van der Waals surface area (Å²) in [7, 11) is 0. The highest BCUT2D eigenvalue weighted by Gasteiger charge is 2.03. The Balaban J connectivity index is 1.76. The topological polar surface area (TPSA) is 78.8 Å². The van der Waals surface area contributed by atoms with Crippen LogP contribution in [0.1, 0.15) is 11.1 Å². The number of hydrogen-bond donors (Lipinski definition) is 3. The lowest BCUT2D eigenvalue weighted by atomic mass is 10.1. The molecule has 0 unspecified atom stereocenters. The van der Waals surface area contributed by atoms with Crippen molar-refractivity contribution in [1.29, 1.82) is 0 Å². The van der Waals surface area contributed by atoms with Gasteiger partial charge in [0.25, 0.3) is 0 Å². The number of alkyl carbamates (subject to hydrolysis) is 1. The lowest BCUT2D eigenvalue weighted by molar-refractivity contribution is 0.141. The van der Waals surface area contributed by atoms with Crippen LogP contribution in [0.5, 0.6) is 11.5 Å². The maximum atomic E-state index is 11.5. The van der Waals surface area contributed by atoms with Crippen molar-refractivity contribution in [2.75, 3.05) is 6.54 Å². The number of hydrogen-bond acceptors (Lipinski definition) is 4. The summed E-state index contributed by atoms with van der Waals surface area (Å²) in [5.41, 5.74) is 1.22. The molecule has 5 nitrogen and oxygen atoms in total. The third-order valence-electron chi connectivity index (χ3n) is 2.92. The van der Waals surface area contributed by atoms with Crippen LogP contribution in [0.15, 0.2) is 54.6 Å². The monoisotopic (exact) mass is 299 g/mol. The number of amides is 1. The number of phenols is 2. The minimum atomic E-state index is -0.532. The molecule has 0 aliphatic carbocycles. The summed E-state index contributed by atoms with van der Waals surface area (Å²) in [4.78, 5) is 11.5. The second-order valence-electron chi connectivity index (χ2n) is 4.55. The van der Waals surface area contributed by atoms with E-state index in [0.717, 1.165) is 5.56 Å². The maximum absolute atomic E-state index is 11.5. The first-order valence-corrected chi connectivity index (χ1v) is 6.79. The highest BCUT2D eigenvalue weighted by Crippen LogP contribution is 2.27. The molecule has 5 heteroatoms. The summed E-state index contributed by atoms with van der Waals surface area (Å²) in [6, 6.07) is 13.9. The van der Waals surface area contributed by atoms with Gasteiger partial charge in [0.05, 0.1) is 5.56 Å². The zero-order valence-electron chi connectivity index (χ0n) is 11.9. The summed E-state index contributed by atoms with van der Waals surface area (Å²) in [6.45, 7) is 0.429. The van der Waals surface area contributed by atoms with Gasteiger partial charge in [-0.1, -0.05) is 42.5 Å². The number of benzene rings is 2. The molecule has 0 radical (unpaired) electrons. The molecule has 0 saturated heterocycles. The van der Waals surface area contributed by atoms with Gasteiger partial charge >= 0.3 is 6.09 Å². The predicted octanol–water partition coefficient (Wildman–Crippen LogP) is 3.04. The largest absolute Gasteiger partial charge is 0.507 e. The van der Waals surface area contributed by atoms with Gasteiger partial charge in [-0.3, -0.25) is 0 Å². The Morgan fingerprint density at radius 2 is 1.73 bits per heavy atom. The molecule has 2 aromatic rings. The molecule has 22 heavy (non-hydrogen) atoms. The fourth-order valence-electron chi connectivity index (χ4n) is 1.81. The van der Waals surface area contributed by atoms with E-state index in [1.165, 1.54) is 18.2 Å². The molecule has 2 aromatic carbocycles. The van der Waals surface area contributed by atoms with Crippen molar-refractivity contribution in [1.82, 2.24) is 5.32 Å². The van der Waals surface area contributed by atoms with Crippen LogP contribution in [0, 0.1) is 0 Å². The van der Waals surface area contributed by atoms with Crippen LogP contribution in [-0.4, -0.2) is 22.9 Å². The summed E-state index contributed by atoms with van der Waals surface area (Å²) >= 11 is 0. The van der Waals surface area contributed by atoms with Crippen LogP contribution in [-0.2, 0) is 11.3 Å². The van der Waals surface area contributed by atoms with Gasteiger partial charge in [0.15, 0.2) is 0 Å². The van der Waals surface area contributed by atoms with E-state index in [0.29, 0.717) is 5.56 Å². The highest BCUT2D eigenvalue weighted by atomic mass is 16.5. The van der Waals surface area contributed by atoms with Crippen LogP contribution >= 0.6 is 0 Å². The molecule has 0 aliphatic rings. The summed E-state index contributed by atoms with van der Waals surface area (Å²) < 4.78 is 5.05. The second kappa shape index (κ2) is 7.73. The van der Waals surface area contributed by atoms with Gasteiger partial charge in [-0.25, -0.2) is 4.79 Å². The second-order valence-corrected chi connectivity index (χ2v) is 4.55. The van der Waals surface area contributed by atoms with Crippen LogP contribution in [0.2, 0.25) is 0 Å². The fraction of sp³-hybridized carbons (Fsp3) is 0.118. The highest BCUT2D eigenvalue weighted by molar-refractivity contribution is 5.68. The van der Waals surface area contributed by atoms with Gasteiger partial charge < -0.3 is 20.3 Å². The van der Waals surface area contributed by atoms with Gasteiger partial charge in [-0.15, -0.1) is 0 Å². The quantitative estimate of drug-likeness (QED) is 0.793. The number of rotatable bonds is 5. The molecule has 0 bridgehead atoms. The molecule has 0 aliphatic heterocycles. The van der Waals surface area contributed by atoms with Gasteiger partial charge in [0.2, 0.25) is 0 Å². The van der Waals surface area contributed by atoms with Crippen molar-refractivity contribution in [3.63, 3.8) is 0 Å². The number of nitrogens with one attached hydrogen (secondary N) is 1. The van der Waals surface area contributed by atoms with Gasteiger partial charge in [0.1, 0.15) is 18.1 Å². The van der Waals surface area contributed by atoms with Crippen molar-refractivity contribution in [3.05, 3.63) is 65.7 Å². The predicted molar refractivity (Wildman–Crippen MR) is 83.4 cm³/mol. The average molecular weight is 299 g/mol. The summed E-state index contributed by atoms with van der Waals surface area (Å²) in [6.07, 6.45) is 2.61. The van der Waals surface area contributed by atoms with E-state index in [4.69, 9.17) is 4.74 Å². The van der Waals surface area contributed by atoms with Gasteiger partial charge in [-0.2, -0.15) is 0 Å². The van der Waals surface area contributed by atoms with E-state index in [-0.39, 0.29) is 24.7 Å². The zero-order chi connectivity index (χ0) is 15.8. The van der Waals surface area contributed by atoms with E-state index in [2.05, 4.69) is 5.32 Å². The van der Waals surface area contributed by atoms with Crippen molar-refractivity contribution in [2.45, 2.75) is 6.61 Å². The molecule has 2 rings (SSSR count). The maximum Gasteiger partial charge on any atom is 0.407 e. The first-order valence-electron chi connectivity index (χ1n) is 6.79. The first kappa shape index (κ1) is 15.4. The average Bonchev–Trinajstić information content (AvgIpc) is 2.53. The Bertz CT molecular complexity index is 633. The van der Waals surface area contributed by atoms with E-state index < -0.39 is 6.09 Å². The van der Waals surface area contributed by atoms with Crippen LogP contribution < -0.4 is 5.32 Å². The molecule has 0 fully saturated rings. The zero-order valence-corrected chi connectivity index (χ0v) is 11.9. The molecule has 0 aromatic heterocycles. The standard InChI is InChI=1S/C17H17NO4/c19-15-9-4-10-16(20)14(15)8-5-11-18-17(21)22-12-13-6-2-1-3-7-13/h1-10,19-20H,11-12H2,(H,18,21). The summed E-state index contributed by atoms with van der Waals surface area (Å²) in [5.74, 6) is -0.0502. The van der Waals surface area contributed by atoms with Gasteiger partial charge in [-0.05, 0) is 23.8 Å². The minimum absolute atomic E-state index is 0.0251. The smallest absolute Gasteiger partial charge is 0.407 e. The third-order valence-corrected chi connectivity index (χ3v) is 2.92. The van der Waals surface area contributed by atoms with Crippen molar-refractivity contribution < 1.29 is 19.7 Å². The Kier molecular flexibility index (Phi) is 5.43. The molecule has 114 valence electrons. The number of carbonyl (C=O) groups excluding carboxylic acids is 1. The lowest BCUT2D eigenvalue weighted by Gasteiger charge is -2.05. The van der Waals surface area contributed by atoms with E-state index in [9.17, 15) is 15.0 Å². The molecule has 0 heterocycles. The SMILES string of the molecule is O=C(NCC=Cc1c(O)cccc1O)OCc1ccccc1. The van der Waals surface area contributed by atoms with Crippen LogP contribution in [0.25, 0.3) is 6.08 Å². The normalized spacial score (nSPS) is 10.5. The van der Waals surface area contributed by atoms with Gasteiger partial charge in [0, 0.05) is 6.54 Å². The molecule has 0 saturated carbocycles. The number of ether oxygens (including phenoxy) is 1. The van der Waals surface area contributed by atoms with E-state index in [1.54, 1.807) is 12.1 Å². The number of aromatic hydroxyl groups is 2. The Hall–Kier alpha value is -2.95. The Morgan fingerprint density at radius 1 is 1.05 bits per heavy atom. The molecular weight excluding hydrogens is 282 g/mol. The number of carbonyl (C=O) groups is 1. The van der Waals surface area contributed by atoms with Crippen LogP contribution in [0.3, 0.4) is 0 Å². The molecule has 0 atom stereocenters. The molecule has 1 amide bonds. The molecule has 0 spiro atoms. The first-order chi connectivity index (χ1) is 10.7. The lowest BCUT2D eigenvalue weighted by Crippen LogP contribution is -2.24. The molecular formula is C17H17NO4. The number of phenolic OH excluding ortho intramolecular Hbond substituents is 2. The fourth-order valence-corrected chi connectivity index (χ4v) is 1.81. The van der Waals surface area contributed by atoms with Crippen LogP contribution in [0.4, 0.5) is 4.79 Å². The Morgan fingerprint density at radius 3 is 2.41 bits per heavy atom. The molecule has 3 N–H and O–H groups in total. The minimum Gasteiger partial charge on any atom is -0.507 e.